The van der Waals surface area contributed by atoms with E-state index in [9.17, 15) is 4.79 Å². The van der Waals surface area contributed by atoms with Gasteiger partial charge in [0.1, 0.15) is 0 Å². The van der Waals surface area contributed by atoms with Crippen molar-refractivity contribution >= 4 is 34.2 Å². The van der Waals surface area contributed by atoms with E-state index < -0.39 is 0 Å². The maximum absolute atomic E-state index is 12.0. The van der Waals surface area contributed by atoms with E-state index >= 15 is 0 Å². The fourth-order valence-electron chi connectivity index (χ4n) is 1.98. The molecule has 1 aliphatic rings. The number of piperidine rings is 1. The summed E-state index contributed by atoms with van der Waals surface area (Å²) in [6, 6.07) is 5.98. The molecule has 0 spiro atoms. The molecular formula is C13H17IN2O. The van der Waals surface area contributed by atoms with Crippen LogP contribution >= 0.6 is 22.6 Å². The Morgan fingerprint density at radius 3 is 2.94 bits per heavy atom. The van der Waals surface area contributed by atoms with Gasteiger partial charge in [0.05, 0.1) is 6.04 Å². The van der Waals surface area contributed by atoms with Crippen LogP contribution in [0, 0.1) is 10.5 Å². The van der Waals surface area contributed by atoms with Crippen LogP contribution in [0.25, 0.3) is 0 Å². The smallest absolute Gasteiger partial charge is 0.241 e. The van der Waals surface area contributed by atoms with Gasteiger partial charge in [-0.2, -0.15) is 0 Å². The number of rotatable bonds is 2. The predicted octanol–water partition coefficient (Wildman–Crippen LogP) is 2.68. The normalized spacial score (nSPS) is 20.0. The van der Waals surface area contributed by atoms with Crippen LogP contribution in [0.5, 0.6) is 0 Å². The molecule has 0 bridgehead atoms. The molecule has 3 nitrogen and oxygen atoms in total. The van der Waals surface area contributed by atoms with Gasteiger partial charge in [-0.1, -0.05) is 12.5 Å². The monoisotopic (exact) mass is 344 g/mol. The number of amides is 1. The van der Waals surface area contributed by atoms with E-state index in [0.717, 1.165) is 25.1 Å². The van der Waals surface area contributed by atoms with Gasteiger partial charge in [0.25, 0.3) is 0 Å². The van der Waals surface area contributed by atoms with Crippen molar-refractivity contribution in [1.29, 1.82) is 0 Å². The molecule has 2 rings (SSSR count). The fraction of sp³-hybridized carbons (Fsp3) is 0.462. The second-order valence-corrected chi connectivity index (χ2v) is 5.62. The second-order valence-electron chi connectivity index (χ2n) is 4.46. The van der Waals surface area contributed by atoms with Gasteiger partial charge < -0.3 is 10.6 Å². The van der Waals surface area contributed by atoms with Crippen LogP contribution in [0.4, 0.5) is 5.69 Å². The van der Waals surface area contributed by atoms with Gasteiger partial charge in [0.2, 0.25) is 5.91 Å². The zero-order valence-corrected chi connectivity index (χ0v) is 12.1. The van der Waals surface area contributed by atoms with Gasteiger partial charge in [-0.15, -0.1) is 0 Å². The van der Waals surface area contributed by atoms with Gasteiger partial charge in [-0.3, -0.25) is 4.79 Å². The number of carbonyl (C=O) groups is 1. The summed E-state index contributed by atoms with van der Waals surface area (Å²) in [6.45, 7) is 3.01. The molecule has 1 unspecified atom stereocenters. The molecule has 1 aliphatic heterocycles. The molecular weight excluding hydrogens is 327 g/mol. The zero-order valence-electron chi connectivity index (χ0n) is 9.92. The molecule has 1 heterocycles. The highest BCUT2D eigenvalue weighted by atomic mass is 127. The lowest BCUT2D eigenvalue weighted by Gasteiger charge is -2.22. The molecule has 1 saturated heterocycles. The third-order valence-electron chi connectivity index (χ3n) is 3.07. The molecule has 1 atom stereocenters. The van der Waals surface area contributed by atoms with Crippen LogP contribution in [0.2, 0.25) is 0 Å². The van der Waals surface area contributed by atoms with Crippen molar-refractivity contribution in [2.45, 2.75) is 32.2 Å². The van der Waals surface area contributed by atoms with Crippen LogP contribution in [-0.2, 0) is 4.79 Å². The summed E-state index contributed by atoms with van der Waals surface area (Å²) < 4.78 is 1.18. The molecule has 1 aromatic carbocycles. The van der Waals surface area contributed by atoms with Crippen LogP contribution in [0.15, 0.2) is 18.2 Å². The van der Waals surface area contributed by atoms with Gasteiger partial charge >= 0.3 is 0 Å². The summed E-state index contributed by atoms with van der Waals surface area (Å²) in [6.07, 6.45) is 3.25. The number of carbonyl (C=O) groups excluding carboxylic acids is 1. The molecule has 2 N–H and O–H groups in total. The van der Waals surface area contributed by atoms with E-state index in [-0.39, 0.29) is 11.9 Å². The van der Waals surface area contributed by atoms with Crippen molar-refractivity contribution in [3.63, 3.8) is 0 Å². The summed E-state index contributed by atoms with van der Waals surface area (Å²) in [5.74, 6) is 0.0874. The molecule has 17 heavy (non-hydrogen) atoms. The Morgan fingerprint density at radius 1 is 1.47 bits per heavy atom. The Balaban J connectivity index is 1.99. The first-order valence-corrected chi connectivity index (χ1v) is 7.05. The van der Waals surface area contributed by atoms with Crippen molar-refractivity contribution in [3.8, 4) is 0 Å². The van der Waals surface area contributed by atoms with Crippen molar-refractivity contribution in [3.05, 3.63) is 27.3 Å². The molecule has 0 saturated carbocycles. The topological polar surface area (TPSA) is 41.1 Å². The van der Waals surface area contributed by atoms with E-state index in [4.69, 9.17) is 0 Å². The number of hydrogen-bond donors (Lipinski definition) is 2. The third-order valence-corrected chi connectivity index (χ3v) is 4.23. The second kappa shape index (κ2) is 5.82. The Labute approximate surface area is 116 Å². The van der Waals surface area contributed by atoms with E-state index in [1.54, 1.807) is 0 Å². The summed E-state index contributed by atoms with van der Waals surface area (Å²) in [7, 11) is 0. The number of halogens is 1. The lowest BCUT2D eigenvalue weighted by molar-refractivity contribution is -0.118. The quantitative estimate of drug-likeness (QED) is 0.810. The average Bonchev–Trinajstić information content (AvgIpc) is 2.35. The minimum atomic E-state index is -0.0253. The van der Waals surface area contributed by atoms with Crippen molar-refractivity contribution in [1.82, 2.24) is 5.32 Å². The summed E-state index contributed by atoms with van der Waals surface area (Å²) in [5, 5.41) is 6.22. The minimum absolute atomic E-state index is 0.0253. The Morgan fingerprint density at radius 2 is 2.29 bits per heavy atom. The first-order valence-electron chi connectivity index (χ1n) is 5.97. The fourth-order valence-corrected chi connectivity index (χ4v) is 2.49. The van der Waals surface area contributed by atoms with Crippen molar-refractivity contribution < 1.29 is 4.79 Å². The van der Waals surface area contributed by atoms with Crippen LogP contribution in [0.1, 0.15) is 24.8 Å². The Bertz CT molecular complexity index is 414. The van der Waals surface area contributed by atoms with E-state index in [0.29, 0.717) is 0 Å². The molecule has 4 heteroatoms. The van der Waals surface area contributed by atoms with Gasteiger partial charge in [-0.05, 0) is 66.6 Å². The van der Waals surface area contributed by atoms with Gasteiger partial charge in [0, 0.05) is 9.26 Å². The van der Waals surface area contributed by atoms with Crippen LogP contribution < -0.4 is 10.6 Å². The van der Waals surface area contributed by atoms with Crippen molar-refractivity contribution in [2.24, 2.45) is 0 Å². The van der Waals surface area contributed by atoms with E-state index in [1.807, 2.05) is 18.2 Å². The Hall–Kier alpha value is -0.620. The summed E-state index contributed by atoms with van der Waals surface area (Å²) in [4.78, 5) is 12.0. The zero-order chi connectivity index (χ0) is 12.3. The van der Waals surface area contributed by atoms with Gasteiger partial charge in [-0.25, -0.2) is 0 Å². The standard InChI is InChI=1S/C13H17IN2O/c1-9-5-6-10(8-11(9)14)16-13(17)12-4-2-3-7-15-12/h5-6,8,12,15H,2-4,7H2,1H3,(H,16,17). The first-order chi connectivity index (χ1) is 8.16. The predicted molar refractivity (Wildman–Crippen MR) is 78.2 cm³/mol. The average molecular weight is 344 g/mol. The minimum Gasteiger partial charge on any atom is -0.325 e. The first kappa shape index (κ1) is 12.8. The highest BCUT2D eigenvalue weighted by Crippen LogP contribution is 2.18. The molecule has 0 aliphatic carbocycles. The van der Waals surface area contributed by atoms with Crippen molar-refractivity contribution in [2.75, 3.05) is 11.9 Å². The van der Waals surface area contributed by atoms with E-state index in [2.05, 4.69) is 40.1 Å². The maximum Gasteiger partial charge on any atom is 0.241 e. The molecule has 0 radical (unpaired) electrons. The van der Waals surface area contributed by atoms with Crippen LogP contribution in [0.3, 0.4) is 0 Å². The lowest BCUT2D eigenvalue weighted by atomic mass is 10.0. The van der Waals surface area contributed by atoms with Crippen LogP contribution in [-0.4, -0.2) is 18.5 Å². The highest BCUT2D eigenvalue weighted by molar-refractivity contribution is 14.1. The summed E-state index contributed by atoms with van der Waals surface area (Å²) >= 11 is 2.28. The number of benzene rings is 1. The highest BCUT2D eigenvalue weighted by Gasteiger charge is 2.20. The number of nitrogens with one attached hydrogen (secondary N) is 2. The SMILES string of the molecule is Cc1ccc(NC(=O)C2CCCCN2)cc1I. The number of hydrogen-bond acceptors (Lipinski definition) is 2. The maximum atomic E-state index is 12.0. The molecule has 1 fully saturated rings. The summed E-state index contributed by atoms with van der Waals surface area (Å²) in [5.41, 5.74) is 2.12. The van der Waals surface area contributed by atoms with Gasteiger partial charge in [0.15, 0.2) is 0 Å². The molecule has 1 amide bonds. The molecule has 0 aromatic heterocycles. The van der Waals surface area contributed by atoms with E-state index in [1.165, 1.54) is 15.6 Å². The Kier molecular flexibility index (Phi) is 4.39. The number of aryl methyl sites for hydroxylation is 1. The third kappa shape index (κ3) is 3.42. The molecule has 1 aromatic rings. The number of anilines is 1. The molecule has 92 valence electrons. The largest absolute Gasteiger partial charge is 0.325 e. The lowest BCUT2D eigenvalue weighted by Crippen LogP contribution is -2.43.